The van der Waals surface area contributed by atoms with Gasteiger partial charge in [-0.25, -0.2) is 0 Å². The largest absolute Gasteiger partial charge is 0.497 e. The third-order valence-electron chi connectivity index (χ3n) is 3.53. The third-order valence-corrected chi connectivity index (χ3v) is 4.05. The standard InChI is InChI=1S/C17H19BrO2/c1-17(19,14-5-7-15(18)8-6-14)12-11-13-3-9-16(20-2)10-4-13/h3-10,19H,11-12H2,1-2H3. The fourth-order valence-electron chi connectivity index (χ4n) is 2.13. The van der Waals surface area contributed by atoms with E-state index in [-0.39, 0.29) is 0 Å². The minimum atomic E-state index is -0.819. The lowest BCUT2D eigenvalue weighted by Gasteiger charge is -2.24. The van der Waals surface area contributed by atoms with Gasteiger partial charge in [-0.05, 0) is 55.2 Å². The van der Waals surface area contributed by atoms with Gasteiger partial charge in [0, 0.05) is 4.47 Å². The number of benzene rings is 2. The molecule has 0 aromatic heterocycles. The van der Waals surface area contributed by atoms with Crippen molar-refractivity contribution in [2.75, 3.05) is 7.11 Å². The van der Waals surface area contributed by atoms with Gasteiger partial charge in [0.05, 0.1) is 12.7 Å². The molecule has 20 heavy (non-hydrogen) atoms. The molecule has 0 aliphatic carbocycles. The van der Waals surface area contributed by atoms with Crippen molar-refractivity contribution in [3.63, 3.8) is 0 Å². The summed E-state index contributed by atoms with van der Waals surface area (Å²) < 4.78 is 6.16. The molecule has 0 aliphatic rings. The summed E-state index contributed by atoms with van der Waals surface area (Å²) in [5.74, 6) is 0.855. The third kappa shape index (κ3) is 3.84. The lowest BCUT2D eigenvalue weighted by atomic mass is 9.89. The molecule has 0 saturated heterocycles. The van der Waals surface area contributed by atoms with E-state index < -0.39 is 5.60 Å². The van der Waals surface area contributed by atoms with Crippen LogP contribution in [-0.2, 0) is 12.0 Å². The zero-order chi connectivity index (χ0) is 14.6. The van der Waals surface area contributed by atoms with E-state index in [0.717, 1.165) is 22.2 Å². The number of hydrogen-bond donors (Lipinski definition) is 1. The summed E-state index contributed by atoms with van der Waals surface area (Å²) in [5, 5.41) is 10.6. The summed E-state index contributed by atoms with van der Waals surface area (Å²) in [6, 6.07) is 15.8. The van der Waals surface area contributed by atoms with Crippen LogP contribution in [0.25, 0.3) is 0 Å². The molecule has 2 aromatic carbocycles. The molecule has 2 aromatic rings. The van der Waals surface area contributed by atoms with Crippen LogP contribution in [-0.4, -0.2) is 12.2 Å². The van der Waals surface area contributed by atoms with E-state index >= 15 is 0 Å². The Morgan fingerprint density at radius 3 is 2.20 bits per heavy atom. The first kappa shape index (κ1) is 15.1. The number of hydrogen-bond acceptors (Lipinski definition) is 2. The predicted molar refractivity (Wildman–Crippen MR) is 85.0 cm³/mol. The van der Waals surface area contributed by atoms with E-state index in [2.05, 4.69) is 15.9 Å². The maximum Gasteiger partial charge on any atom is 0.118 e. The van der Waals surface area contributed by atoms with Crippen LogP contribution < -0.4 is 4.74 Å². The molecule has 0 amide bonds. The molecule has 3 heteroatoms. The highest BCUT2D eigenvalue weighted by atomic mass is 79.9. The Hall–Kier alpha value is -1.32. The van der Waals surface area contributed by atoms with Crippen molar-refractivity contribution in [2.45, 2.75) is 25.4 Å². The number of aliphatic hydroxyl groups is 1. The van der Waals surface area contributed by atoms with Gasteiger partial charge in [-0.3, -0.25) is 0 Å². The molecule has 1 unspecified atom stereocenters. The van der Waals surface area contributed by atoms with Gasteiger partial charge in [0.15, 0.2) is 0 Å². The molecule has 0 aliphatic heterocycles. The molecule has 0 heterocycles. The topological polar surface area (TPSA) is 29.5 Å². The molecular formula is C17H19BrO2. The molecule has 0 bridgehead atoms. The smallest absolute Gasteiger partial charge is 0.118 e. The fraction of sp³-hybridized carbons (Fsp3) is 0.294. The first-order valence-corrected chi connectivity index (χ1v) is 7.42. The van der Waals surface area contributed by atoms with Gasteiger partial charge in [0.25, 0.3) is 0 Å². The molecule has 2 nitrogen and oxygen atoms in total. The summed E-state index contributed by atoms with van der Waals surface area (Å²) >= 11 is 3.41. The quantitative estimate of drug-likeness (QED) is 0.883. The zero-order valence-electron chi connectivity index (χ0n) is 11.8. The average Bonchev–Trinajstić information content (AvgIpc) is 2.46. The lowest BCUT2D eigenvalue weighted by molar-refractivity contribution is 0.0480. The SMILES string of the molecule is COc1ccc(CCC(C)(O)c2ccc(Br)cc2)cc1. The summed E-state index contributed by atoms with van der Waals surface area (Å²) in [4.78, 5) is 0. The van der Waals surface area contributed by atoms with E-state index in [1.807, 2.05) is 55.5 Å². The van der Waals surface area contributed by atoms with E-state index in [9.17, 15) is 5.11 Å². The highest BCUT2D eigenvalue weighted by Gasteiger charge is 2.22. The minimum absolute atomic E-state index is 0.682. The van der Waals surface area contributed by atoms with Crippen LogP contribution in [0.2, 0.25) is 0 Å². The number of aryl methyl sites for hydroxylation is 1. The molecule has 0 radical (unpaired) electrons. The Morgan fingerprint density at radius 2 is 1.65 bits per heavy atom. The monoisotopic (exact) mass is 334 g/mol. The van der Waals surface area contributed by atoms with Crippen molar-refractivity contribution in [2.24, 2.45) is 0 Å². The molecular weight excluding hydrogens is 316 g/mol. The molecule has 0 spiro atoms. The second-order valence-corrected chi connectivity index (χ2v) is 6.04. The van der Waals surface area contributed by atoms with E-state index in [1.165, 1.54) is 5.56 Å². The van der Waals surface area contributed by atoms with E-state index in [1.54, 1.807) is 7.11 Å². The maximum atomic E-state index is 10.6. The molecule has 1 atom stereocenters. The Balaban J connectivity index is 2.02. The van der Waals surface area contributed by atoms with Crippen molar-refractivity contribution >= 4 is 15.9 Å². The highest BCUT2D eigenvalue weighted by molar-refractivity contribution is 9.10. The van der Waals surface area contributed by atoms with Crippen LogP contribution in [0.1, 0.15) is 24.5 Å². The van der Waals surface area contributed by atoms with Crippen LogP contribution in [0.5, 0.6) is 5.75 Å². The number of methoxy groups -OCH3 is 1. The van der Waals surface area contributed by atoms with Crippen LogP contribution in [0.4, 0.5) is 0 Å². The van der Waals surface area contributed by atoms with Crippen molar-refractivity contribution < 1.29 is 9.84 Å². The second kappa shape index (κ2) is 6.42. The maximum absolute atomic E-state index is 10.6. The Kier molecular flexibility index (Phi) is 4.84. The summed E-state index contributed by atoms with van der Waals surface area (Å²) in [6.45, 7) is 1.86. The van der Waals surface area contributed by atoms with Crippen molar-refractivity contribution in [3.8, 4) is 5.75 Å². The zero-order valence-corrected chi connectivity index (χ0v) is 13.4. The normalized spacial score (nSPS) is 13.8. The van der Waals surface area contributed by atoms with Gasteiger partial charge < -0.3 is 9.84 Å². The number of halogens is 1. The van der Waals surface area contributed by atoms with Gasteiger partial charge in [0.1, 0.15) is 5.75 Å². The van der Waals surface area contributed by atoms with Crippen LogP contribution in [0.15, 0.2) is 53.0 Å². The van der Waals surface area contributed by atoms with Crippen LogP contribution in [0.3, 0.4) is 0 Å². The van der Waals surface area contributed by atoms with Gasteiger partial charge in [-0.1, -0.05) is 40.2 Å². The molecule has 2 rings (SSSR count). The summed E-state index contributed by atoms with van der Waals surface area (Å²) in [7, 11) is 1.66. The minimum Gasteiger partial charge on any atom is -0.497 e. The van der Waals surface area contributed by atoms with Gasteiger partial charge in [0.2, 0.25) is 0 Å². The first-order valence-electron chi connectivity index (χ1n) is 6.62. The fourth-order valence-corrected chi connectivity index (χ4v) is 2.40. The highest BCUT2D eigenvalue weighted by Crippen LogP contribution is 2.27. The first-order chi connectivity index (χ1) is 9.51. The molecule has 106 valence electrons. The van der Waals surface area contributed by atoms with Crippen LogP contribution >= 0.6 is 15.9 Å². The van der Waals surface area contributed by atoms with Gasteiger partial charge in [-0.15, -0.1) is 0 Å². The number of rotatable bonds is 5. The van der Waals surface area contributed by atoms with E-state index in [0.29, 0.717) is 6.42 Å². The summed E-state index contributed by atoms with van der Waals surface area (Å²) in [5.41, 5.74) is 1.32. The Morgan fingerprint density at radius 1 is 1.05 bits per heavy atom. The van der Waals surface area contributed by atoms with Gasteiger partial charge >= 0.3 is 0 Å². The van der Waals surface area contributed by atoms with Crippen molar-refractivity contribution in [3.05, 3.63) is 64.1 Å². The Labute approximate surface area is 128 Å². The molecule has 0 fully saturated rings. The summed E-state index contributed by atoms with van der Waals surface area (Å²) in [6.07, 6.45) is 1.51. The Bertz CT molecular complexity index is 544. The van der Waals surface area contributed by atoms with Crippen molar-refractivity contribution in [1.29, 1.82) is 0 Å². The second-order valence-electron chi connectivity index (χ2n) is 5.13. The molecule has 1 N–H and O–H groups in total. The number of ether oxygens (including phenoxy) is 1. The molecule has 0 saturated carbocycles. The predicted octanol–water partition coefficient (Wildman–Crippen LogP) is 4.30. The van der Waals surface area contributed by atoms with Crippen molar-refractivity contribution in [1.82, 2.24) is 0 Å². The van der Waals surface area contributed by atoms with E-state index in [4.69, 9.17) is 4.74 Å². The lowest BCUT2D eigenvalue weighted by Crippen LogP contribution is -2.21. The van der Waals surface area contributed by atoms with Gasteiger partial charge in [-0.2, -0.15) is 0 Å². The van der Waals surface area contributed by atoms with Crippen LogP contribution in [0, 0.1) is 0 Å². The average molecular weight is 335 g/mol.